The van der Waals surface area contributed by atoms with Crippen LogP contribution in [0.2, 0.25) is 0 Å². The van der Waals surface area contributed by atoms with Gasteiger partial charge in [0, 0.05) is 23.4 Å². The predicted octanol–water partition coefficient (Wildman–Crippen LogP) is 5.05. The molecule has 0 fully saturated rings. The Morgan fingerprint density at radius 1 is 1.03 bits per heavy atom. The number of benzene rings is 2. The fourth-order valence-electron chi connectivity index (χ4n) is 2.99. The number of aryl methyl sites for hydroxylation is 1. The zero-order valence-electron chi connectivity index (χ0n) is 17.6. The van der Waals surface area contributed by atoms with Crippen molar-refractivity contribution in [2.75, 3.05) is 19.0 Å². The van der Waals surface area contributed by atoms with Crippen LogP contribution in [0, 0.1) is 6.92 Å². The number of hydrogen-bond donors (Lipinski definition) is 0. The largest absolute Gasteiger partial charge is 0.490 e. The van der Waals surface area contributed by atoms with Gasteiger partial charge in [-0.3, -0.25) is 4.79 Å². The second kappa shape index (κ2) is 10.8. The van der Waals surface area contributed by atoms with E-state index in [0.717, 1.165) is 41.5 Å². The molecule has 0 aliphatic heterocycles. The molecule has 3 rings (SSSR count). The normalized spacial score (nSPS) is 10.8. The molecule has 6 nitrogen and oxygen atoms in total. The van der Waals surface area contributed by atoms with Crippen LogP contribution in [0.5, 0.6) is 11.5 Å². The number of aromatic nitrogens is 3. The summed E-state index contributed by atoms with van der Waals surface area (Å²) in [6, 6.07) is 13.6. The second-order valence-corrected chi connectivity index (χ2v) is 7.79. The molecule has 0 amide bonds. The van der Waals surface area contributed by atoms with Gasteiger partial charge in [0.2, 0.25) is 0 Å². The van der Waals surface area contributed by atoms with Crippen LogP contribution in [0.4, 0.5) is 0 Å². The number of hydrogen-bond acceptors (Lipinski definition) is 6. The van der Waals surface area contributed by atoms with Gasteiger partial charge in [-0.15, -0.1) is 10.2 Å². The third-order valence-electron chi connectivity index (χ3n) is 4.52. The molecule has 1 heterocycles. The molecule has 0 spiro atoms. The fraction of sp³-hybridized carbons (Fsp3) is 0.348. The molecule has 0 atom stereocenters. The SMILES string of the molecule is CCOc1cc(C=O)ccc1OCCCSc1nnc(-c2ccc(C)cc2)n1CC. The molecular formula is C23H27N3O3S. The average Bonchev–Trinajstić information content (AvgIpc) is 3.17. The molecule has 158 valence electrons. The maximum atomic E-state index is 11.0. The number of carbonyl (C=O) groups excluding carboxylic acids is 1. The van der Waals surface area contributed by atoms with Crippen LogP contribution < -0.4 is 9.47 Å². The van der Waals surface area contributed by atoms with Crippen molar-refractivity contribution in [1.82, 2.24) is 14.8 Å². The smallest absolute Gasteiger partial charge is 0.191 e. The first kappa shape index (κ1) is 21.9. The quantitative estimate of drug-likeness (QED) is 0.243. The van der Waals surface area contributed by atoms with Gasteiger partial charge in [-0.1, -0.05) is 41.6 Å². The van der Waals surface area contributed by atoms with Gasteiger partial charge in [0.15, 0.2) is 22.5 Å². The lowest BCUT2D eigenvalue weighted by Crippen LogP contribution is -2.03. The first-order valence-corrected chi connectivity index (χ1v) is 11.1. The van der Waals surface area contributed by atoms with Crippen molar-refractivity contribution < 1.29 is 14.3 Å². The molecule has 0 N–H and O–H groups in total. The van der Waals surface area contributed by atoms with E-state index in [1.165, 1.54) is 5.56 Å². The Hall–Kier alpha value is -2.80. The molecule has 0 unspecified atom stereocenters. The highest BCUT2D eigenvalue weighted by Crippen LogP contribution is 2.29. The van der Waals surface area contributed by atoms with Crippen molar-refractivity contribution in [3.05, 3.63) is 53.6 Å². The Bertz CT molecular complexity index is 970. The molecule has 0 saturated carbocycles. The average molecular weight is 426 g/mol. The monoisotopic (exact) mass is 425 g/mol. The van der Waals surface area contributed by atoms with Gasteiger partial charge >= 0.3 is 0 Å². The summed E-state index contributed by atoms with van der Waals surface area (Å²) in [7, 11) is 0. The molecule has 1 aromatic heterocycles. The molecule has 0 bridgehead atoms. The van der Waals surface area contributed by atoms with E-state index in [-0.39, 0.29) is 0 Å². The maximum Gasteiger partial charge on any atom is 0.191 e. The minimum atomic E-state index is 0.518. The second-order valence-electron chi connectivity index (χ2n) is 6.72. The lowest BCUT2D eigenvalue weighted by Gasteiger charge is -2.12. The molecule has 0 aliphatic carbocycles. The van der Waals surface area contributed by atoms with E-state index in [0.29, 0.717) is 30.3 Å². The zero-order valence-corrected chi connectivity index (χ0v) is 18.4. The number of rotatable bonds is 11. The van der Waals surface area contributed by atoms with Gasteiger partial charge in [-0.05, 0) is 45.4 Å². The summed E-state index contributed by atoms with van der Waals surface area (Å²) in [5.41, 5.74) is 2.88. The fourth-order valence-corrected chi connectivity index (χ4v) is 3.90. The molecule has 30 heavy (non-hydrogen) atoms. The Balaban J connectivity index is 1.55. The number of nitrogens with zero attached hydrogens (tertiary/aromatic N) is 3. The first-order chi connectivity index (χ1) is 14.7. The summed E-state index contributed by atoms with van der Waals surface area (Å²) in [6.07, 6.45) is 1.65. The van der Waals surface area contributed by atoms with Gasteiger partial charge in [0.25, 0.3) is 0 Å². The molecule has 0 aliphatic rings. The molecule has 2 aromatic carbocycles. The van der Waals surface area contributed by atoms with Gasteiger partial charge in [-0.25, -0.2) is 0 Å². The van der Waals surface area contributed by atoms with Crippen molar-refractivity contribution in [3.8, 4) is 22.9 Å². The van der Waals surface area contributed by atoms with Crippen LogP contribution in [-0.2, 0) is 6.54 Å². The van der Waals surface area contributed by atoms with Crippen LogP contribution in [-0.4, -0.2) is 40.0 Å². The van der Waals surface area contributed by atoms with Crippen molar-refractivity contribution in [2.24, 2.45) is 0 Å². The number of carbonyl (C=O) groups is 1. The van der Waals surface area contributed by atoms with E-state index in [1.54, 1.807) is 30.0 Å². The summed E-state index contributed by atoms with van der Waals surface area (Å²) < 4.78 is 13.6. The zero-order chi connectivity index (χ0) is 21.3. The molecule has 3 aromatic rings. The van der Waals surface area contributed by atoms with E-state index in [2.05, 4.69) is 52.9 Å². The van der Waals surface area contributed by atoms with E-state index < -0.39 is 0 Å². The lowest BCUT2D eigenvalue weighted by atomic mass is 10.1. The van der Waals surface area contributed by atoms with Crippen molar-refractivity contribution in [1.29, 1.82) is 0 Å². The number of ether oxygens (including phenoxy) is 2. The molecule has 0 radical (unpaired) electrons. The summed E-state index contributed by atoms with van der Waals surface area (Å²) in [5, 5.41) is 9.69. The van der Waals surface area contributed by atoms with Gasteiger partial charge in [-0.2, -0.15) is 0 Å². The highest BCUT2D eigenvalue weighted by molar-refractivity contribution is 7.99. The third kappa shape index (κ3) is 5.42. The van der Waals surface area contributed by atoms with E-state index >= 15 is 0 Å². The summed E-state index contributed by atoms with van der Waals surface area (Å²) in [4.78, 5) is 11.0. The predicted molar refractivity (Wildman–Crippen MR) is 120 cm³/mol. The van der Waals surface area contributed by atoms with Crippen LogP contribution in [0.3, 0.4) is 0 Å². The standard InChI is InChI=1S/C23H27N3O3S/c1-4-26-22(19-10-7-17(3)8-11-19)24-25-23(26)30-14-6-13-29-20-12-9-18(16-27)15-21(20)28-5-2/h7-12,15-16H,4-6,13-14H2,1-3H3. The third-order valence-corrected chi connectivity index (χ3v) is 5.58. The molecule has 0 saturated heterocycles. The van der Waals surface area contributed by atoms with Crippen LogP contribution in [0.15, 0.2) is 47.6 Å². The van der Waals surface area contributed by atoms with Gasteiger partial charge in [0.05, 0.1) is 13.2 Å². The number of aldehydes is 1. The van der Waals surface area contributed by atoms with Crippen LogP contribution >= 0.6 is 11.8 Å². The Labute approximate surface area is 181 Å². The Kier molecular flexibility index (Phi) is 7.90. The van der Waals surface area contributed by atoms with Crippen molar-refractivity contribution in [2.45, 2.75) is 38.9 Å². The highest BCUT2D eigenvalue weighted by Gasteiger charge is 2.13. The molecule has 7 heteroatoms. The maximum absolute atomic E-state index is 11.0. The van der Waals surface area contributed by atoms with Gasteiger partial charge in [0.1, 0.15) is 6.29 Å². The summed E-state index contributed by atoms with van der Waals surface area (Å²) in [5.74, 6) is 3.02. The first-order valence-electron chi connectivity index (χ1n) is 10.1. The topological polar surface area (TPSA) is 66.2 Å². The van der Waals surface area contributed by atoms with Gasteiger partial charge < -0.3 is 14.0 Å². The van der Waals surface area contributed by atoms with Crippen LogP contribution in [0.1, 0.15) is 36.2 Å². The van der Waals surface area contributed by atoms with E-state index in [4.69, 9.17) is 9.47 Å². The molecular weight excluding hydrogens is 398 g/mol. The summed E-state index contributed by atoms with van der Waals surface area (Å²) in [6.45, 7) is 7.97. The van der Waals surface area contributed by atoms with Crippen molar-refractivity contribution in [3.63, 3.8) is 0 Å². The number of thioether (sulfide) groups is 1. The Morgan fingerprint density at radius 2 is 1.83 bits per heavy atom. The van der Waals surface area contributed by atoms with Crippen LogP contribution in [0.25, 0.3) is 11.4 Å². The van der Waals surface area contributed by atoms with E-state index in [1.807, 2.05) is 6.92 Å². The van der Waals surface area contributed by atoms with Crippen molar-refractivity contribution >= 4 is 18.0 Å². The minimum absolute atomic E-state index is 0.518. The lowest BCUT2D eigenvalue weighted by molar-refractivity contribution is 0.112. The minimum Gasteiger partial charge on any atom is -0.490 e. The Morgan fingerprint density at radius 3 is 2.53 bits per heavy atom. The highest BCUT2D eigenvalue weighted by atomic mass is 32.2. The summed E-state index contributed by atoms with van der Waals surface area (Å²) >= 11 is 1.68. The van der Waals surface area contributed by atoms with E-state index in [9.17, 15) is 4.79 Å².